The van der Waals surface area contributed by atoms with Gasteiger partial charge in [-0.2, -0.15) is 0 Å². The van der Waals surface area contributed by atoms with Crippen LogP contribution in [-0.4, -0.2) is 48.6 Å². The smallest absolute Gasteiger partial charge is 0.193 e. The molecule has 0 aliphatic heterocycles. The maximum absolute atomic E-state index is 5.31. The quantitative estimate of drug-likeness (QED) is 0.602. The van der Waals surface area contributed by atoms with Crippen LogP contribution in [0.15, 0.2) is 15.8 Å². The van der Waals surface area contributed by atoms with Crippen molar-refractivity contribution < 1.29 is 4.74 Å². The first-order chi connectivity index (χ1) is 11.5. The molecule has 6 nitrogen and oxygen atoms in total. The Kier molecular flexibility index (Phi) is 7.14. The van der Waals surface area contributed by atoms with E-state index in [1.807, 2.05) is 20.9 Å². The van der Waals surface area contributed by atoms with Crippen LogP contribution in [0.3, 0.4) is 0 Å². The minimum absolute atomic E-state index is 0.0352. The van der Waals surface area contributed by atoms with Crippen LogP contribution in [0.2, 0.25) is 0 Å². The summed E-state index contributed by atoms with van der Waals surface area (Å²) in [7, 11) is 5.51. The van der Waals surface area contributed by atoms with Gasteiger partial charge in [-0.3, -0.25) is 4.99 Å². The molecule has 2 aromatic heterocycles. The molecular formula is C16H25N5OS2. The van der Waals surface area contributed by atoms with Crippen LogP contribution in [0.5, 0.6) is 0 Å². The predicted molar refractivity (Wildman–Crippen MR) is 101 cm³/mol. The van der Waals surface area contributed by atoms with Crippen molar-refractivity contribution in [2.75, 3.05) is 27.7 Å². The highest BCUT2D eigenvalue weighted by molar-refractivity contribution is 7.09. The first kappa shape index (κ1) is 18.8. The molecule has 2 aromatic rings. The van der Waals surface area contributed by atoms with Gasteiger partial charge in [0.25, 0.3) is 0 Å². The molecule has 1 atom stereocenters. The second kappa shape index (κ2) is 9.10. The molecule has 0 spiro atoms. The third-order valence-corrected chi connectivity index (χ3v) is 5.45. The Morgan fingerprint density at radius 3 is 2.71 bits per heavy atom. The maximum atomic E-state index is 5.31. The summed E-state index contributed by atoms with van der Waals surface area (Å²) >= 11 is 3.32. The van der Waals surface area contributed by atoms with E-state index in [1.165, 1.54) is 0 Å². The molecule has 0 aliphatic rings. The largest absolute Gasteiger partial charge is 0.375 e. The Bertz CT molecular complexity index is 667. The van der Waals surface area contributed by atoms with Crippen LogP contribution in [0.1, 0.15) is 34.4 Å². The van der Waals surface area contributed by atoms with Gasteiger partial charge in [0.05, 0.1) is 22.9 Å². The van der Waals surface area contributed by atoms with E-state index in [4.69, 9.17) is 4.74 Å². The van der Waals surface area contributed by atoms with Gasteiger partial charge in [-0.1, -0.05) is 0 Å². The second-order valence-electron chi connectivity index (χ2n) is 5.49. The van der Waals surface area contributed by atoms with E-state index in [0.717, 1.165) is 40.3 Å². The highest BCUT2D eigenvalue weighted by Gasteiger charge is 2.12. The number of hydrogen-bond acceptors (Lipinski definition) is 6. The van der Waals surface area contributed by atoms with E-state index in [1.54, 1.807) is 36.8 Å². The number of nitrogens with zero attached hydrogens (tertiary/aromatic N) is 4. The third-order valence-electron chi connectivity index (χ3n) is 3.57. The van der Waals surface area contributed by atoms with E-state index in [0.29, 0.717) is 6.54 Å². The summed E-state index contributed by atoms with van der Waals surface area (Å²) in [5, 5.41) is 9.67. The zero-order chi connectivity index (χ0) is 17.5. The van der Waals surface area contributed by atoms with Gasteiger partial charge >= 0.3 is 0 Å². The number of hydrogen-bond donors (Lipinski definition) is 1. The molecule has 8 heteroatoms. The molecule has 0 saturated carbocycles. The number of thiazole rings is 2. The first-order valence-electron chi connectivity index (χ1n) is 7.83. The van der Waals surface area contributed by atoms with Gasteiger partial charge < -0.3 is 15.0 Å². The number of aryl methyl sites for hydroxylation is 1. The number of ether oxygens (including phenoxy) is 1. The number of rotatable bonds is 7. The molecule has 0 bridgehead atoms. The SMILES string of the molecule is CN=C(NCCc1csc(C)n1)N(C)Cc1csc(C(C)OC)n1. The minimum Gasteiger partial charge on any atom is -0.375 e. The Hall–Kier alpha value is -1.51. The van der Waals surface area contributed by atoms with Gasteiger partial charge in [-0.05, 0) is 13.8 Å². The van der Waals surface area contributed by atoms with Crippen molar-refractivity contribution in [3.05, 3.63) is 32.2 Å². The molecule has 0 amide bonds. The molecule has 0 radical (unpaired) electrons. The number of guanidine groups is 1. The zero-order valence-corrected chi connectivity index (χ0v) is 16.5. The molecule has 0 saturated heterocycles. The van der Waals surface area contributed by atoms with Crippen LogP contribution in [0.25, 0.3) is 0 Å². The van der Waals surface area contributed by atoms with E-state index >= 15 is 0 Å². The third kappa shape index (κ3) is 5.25. The molecule has 132 valence electrons. The van der Waals surface area contributed by atoms with Crippen LogP contribution in [0, 0.1) is 6.92 Å². The van der Waals surface area contributed by atoms with E-state index in [2.05, 4.69) is 35.9 Å². The molecule has 0 aromatic carbocycles. The lowest BCUT2D eigenvalue weighted by Crippen LogP contribution is -2.39. The monoisotopic (exact) mass is 367 g/mol. The van der Waals surface area contributed by atoms with Gasteiger partial charge in [0.15, 0.2) is 5.96 Å². The second-order valence-corrected chi connectivity index (χ2v) is 7.44. The van der Waals surface area contributed by atoms with Crippen LogP contribution in [-0.2, 0) is 17.7 Å². The molecule has 2 heterocycles. The Labute approximate surface area is 151 Å². The Morgan fingerprint density at radius 2 is 2.08 bits per heavy atom. The normalized spacial score (nSPS) is 13.1. The van der Waals surface area contributed by atoms with Crippen LogP contribution >= 0.6 is 22.7 Å². The number of nitrogens with one attached hydrogen (secondary N) is 1. The Morgan fingerprint density at radius 1 is 1.33 bits per heavy atom. The molecule has 0 aliphatic carbocycles. The average molecular weight is 368 g/mol. The number of methoxy groups -OCH3 is 1. The summed E-state index contributed by atoms with van der Waals surface area (Å²) in [6, 6.07) is 0. The highest BCUT2D eigenvalue weighted by Crippen LogP contribution is 2.20. The van der Waals surface area contributed by atoms with Crippen molar-refractivity contribution >= 4 is 28.6 Å². The van der Waals surface area contributed by atoms with Gasteiger partial charge in [-0.15, -0.1) is 22.7 Å². The summed E-state index contributed by atoms with van der Waals surface area (Å²) in [6.07, 6.45) is 0.928. The molecule has 1 N–H and O–H groups in total. The minimum atomic E-state index is 0.0352. The fourth-order valence-electron chi connectivity index (χ4n) is 2.21. The Balaban J connectivity index is 1.84. The number of aromatic nitrogens is 2. The van der Waals surface area contributed by atoms with Crippen molar-refractivity contribution in [2.45, 2.75) is 32.9 Å². The molecule has 0 fully saturated rings. The van der Waals surface area contributed by atoms with Crippen LogP contribution in [0.4, 0.5) is 0 Å². The van der Waals surface area contributed by atoms with Crippen molar-refractivity contribution in [1.29, 1.82) is 0 Å². The lowest BCUT2D eigenvalue weighted by atomic mass is 10.3. The fourth-order valence-corrected chi connectivity index (χ4v) is 3.70. The van der Waals surface area contributed by atoms with Gasteiger partial charge in [0, 0.05) is 44.9 Å². The topological polar surface area (TPSA) is 62.6 Å². The lowest BCUT2D eigenvalue weighted by molar-refractivity contribution is 0.119. The predicted octanol–water partition coefficient (Wildman–Crippen LogP) is 2.87. The van der Waals surface area contributed by atoms with Gasteiger partial charge in [0.2, 0.25) is 0 Å². The molecule has 1 unspecified atom stereocenters. The van der Waals surface area contributed by atoms with E-state index < -0.39 is 0 Å². The average Bonchev–Trinajstić information content (AvgIpc) is 3.20. The number of aliphatic imine (C=N–C) groups is 1. The summed E-state index contributed by atoms with van der Waals surface area (Å²) in [5.74, 6) is 0.858. The molecule has 2 rings (SSSR count). The summed E-state index contributed by atoms with van der Waals surface area (Å²) in [5.41, 5.74) is 2.15. The molecular weight excluding hydrogens is 342 g/mol. The highest BCUT2D eigenvalue weighted by atomic mass is 32.1. The lowest BCUT2D eigenvalue weighted by Gasteiger charge is -2.21. The van der Waals surface area contributed by atoms with Crippen molar-refractivity contribution in [2.24, 2.45) is 4.99 Å². The van der Waals surface area contributed by atoms with Crippen molar-refractivity contribution in [3.63, 3.8) is 0 Å². The molecule has 24 heavy (non-hydrogen) atoms. The van der Waals surface area contributed by atoms with Gasteiger partial charge in [0.1, 0.15) is 11.1 Å². The maximum Gasteiger partial charge on any atom is 0.193 e. The summed E-state index contributed by atoms with van der Waals surface area (Å²) in [6.45, 7) is 5.56. The zero-order valence-electron chi connectivity index (χ0n) is 14.9. The van der Waals surface area contributed by atoms with Gasteiger partial charge in [-0.25, -0.2) is 9.97 Å². The summed E-state index contributed by atoms with van der Waals surface area (Å²) < 4.78 is 5.31. The van der Waals surface area contributed by atoms with Crippen LogP contribution < -0.4 is 5.32 Å². The first-order valence-corrected chi connectivity index (χ1v) is 9.59. The standard InChI is InChI=1S/C16H25N5OS2/c1-11(22-5)15-20-14(10-24-15)8-21(4)16(17-3)18-7-6-13-9-23-12(2)19-13/h9-11H,6-8H2,1-5H3,(H,17,18). The summed E-state index contributed by atoms with van der Waals surface area (Å²) in [4.78, 5) is 15.5. The van der Waals surface area contributed by atoms with E-state index in [-0.39, 0.29) is 6.10 Å². The fraction of sp³-hybridized carbons (Fsp3) is 0.562. The van der Waals surface area contributed by atoms with Crippen molar-refractivity contribution in [1.82, 2.24) is 20.2 Å². The van der Waals surface area contributed by atoms with E-state index in [9.17, 15) is 0 Å². The van der Waals surface area contributed by atoms with Crippen molar-refractivity contribution in [3.8, 4) is 0 Å².